The minimum atomic E-state index is 0.0923. The minimum Gasteiger partial charge on any atom is -0.356 e. The molecule has 0 bridgehead atoms. The number of hydrogen-bond acceptors (Lipinski definition) is 4. The number of carbonyl (C=O) groups excluding carboxylic acids is 1. The third kappa shape index (κ3) is 4.83. The Labute approximate surface area is 108 Å². The first-order chi connectivity index (χ1) is 8.65. The number of nitrogens with zero attached hydrogens (tertiary/aromatic N) is 3. The summed E-state index contributed by atoms with van der Waals surface area (Å²) in [4.78, 5) is 15.5. The molecule has 0 saturated heterocycles. The Hall–Kier alpha value is -1.43. The van der Waals surface area contributed by atoms with Gasteiger partial charge in [-0.2, -0.15) is 5.10 Å². The largest absolute Gasteiger partial charge is 0.356 e. The Morgan fingerprint density at radius 3 is 2.89 bits per heavy atom. The van der Waals surface area contributed by atoms with E-state index in [1.54, 1.807) is 6.33 Å². The van der Waals surface area contributed by atoms with Crippen molar-refractivity contribution in [2.24, 2.45) is 0 Å². The summed E-state index contributed by atoms with van der Waals surface area (Å²) in [5.41, 5.74) is 0. The van der Waals surface area contributed by atoms with Crippen LogP contribution < -0.4 is 10.6 Å². The molecular weight excluding hydrogens is 230 g/mol. The summed E-state index contributed by atoms with van der Waals surface area (Å²) in [7, 11) is 0. The van der Waals surface area contributed by atoms with E-state index in [-0.39, 0.29) is 5.91 Å². The van der Waals surface area contributed by atoms with Gasteiger partial charge in [0.05, 0.1) is 6.54 Å². The lowest BCUT2D eigenvalue weighted by atomic mass is 10.3. The highest BCUT2D eigenvalue weighted by molar-refractivity contribution is 5.75. The monoisotopic (exact) mass is 253 g/mol. The van der Waals surface area contributed by atoms with Crippen LogP contribution in [-0.4, -0.2) is 33.8 Å². The van der Waals surface area contributed by atoms with Crippen molar-refractivity contribution in [1.82, 2.24) is 25.4 Å². The smallest absolute Gasteiger partial charge is 0.221 e. The van der Waals surface area contributed by atoms with E-state index in [0.717, 1.165) is 18.8 Å². The molecule has 1 rings (SSSR count). The summed E-state index contributed by atoms with van der Waals surface area (Å²) in [6, 6.07) is 0.303. The molecule has 102 valence electrons. The molecule has 0 radical (unpaired) electrons. The van der Waals surface area contributed by atoms with Crippen LogP contribution in [0.4, 0.5) is 0 Å². The zero-order valence-electron chi connectivity index (χ0n) is 11.4. The second-order valence-electron chi connectivity index (χ2n) is 4.49. The van der Waals surface area contributed by atoms with E-state index in [9.17, 15) is 4.79 Å². The summed E-state index contributed by atoms with van der Waals surface area (Å²) < 4.78 is 1.88. The Morgan fingerprint density at radius 2 is 2.22 bits per heavy atom. The number of rotatable bonds is 8. The molecule has 0 aliphatic heterocycles. The van der Waals surface area contributed by atoms with Gasteiger partial charge in [0.1, 0.15) is 12.2 Å². The van der Waals surface area contributed by atoms with Crippen molar-refractivity contribution in [3.63, 3.8) is 0 Å². The van der Waals surface area contributed by atoms with Crippen molar-refractivity contribution in [1.29, 1.82) is 0 Å². The van der Waals surface area contributed by atoms with Gasteiger partial charge in [-0.3, -0.25) is 4.79 Å². The van der Waals surface area contributed by atoms with Crippen LogP contribution in [0.3, 0.4) is 0 Å². The van der Waals surface area contributed by atoms with Crippen LogP contribution in [0, 0.1) is 0 Å². The second-order valence-corrected chi connectivity index (χ2v) is 4.49. The number of aromatic nitrogens is 3. The summed E-state index contributed by atoms with van der Waals surface area (Å²) in [6.45, 7) is 8.21. The molecule has 0 aromatic carbocycles. The van der Waals surface area contributed by atoms with Crippen LogP contribution >= 0.6 is 0 Å². The quantitative estimate of drug-likeness (QED) is 0.674. The van der Waals surface area contributed by atoms with Crippen LogP contribution in [0.1, 0.15) is 45.5 Å². The zero-order chi connectivity index (χ0) is 13.4. The first kappa shape index (κ1) is 14.6. The lowest BCUT2D eigenvalue weighted by Gasteiger charge is -2.10. The SMILES string of the molecule is CCCNC(=O)CCNCc1ncnn1C(C)C. The molecule has 0 aliphatic carbocycles. The van der Waals surface area contributed by atoms with E-state index in [1.807, 2.05) is 11.6 Å². The lowest BCUT2D eigenvalue weighted by molar-refractivity contribution is -0.120. The highest BCUT2D eigenvalue weighted by Gasteiger charge is 2.07. The van der Waals surface area contributed by atoms with Gasteiger partial charge in [-0.25, -0.2) is 9.67 Å². The van der Waals surface area contributed by atoms with Gasteiger partial charge in [0.25, 0.3) is 0 Å². The van der Waals surface area contributed by atoms with Gasteiger partial charge in [-0.05, 0) is 20.3 Å². The molecule has 0 aliphatic rings. The van der Waals surface area contributed by atoms with Gasteiger partial charge in [0.2, 0.25) is 5.91 Å². The molecule has 18 heavy (non-hydrogen) atoms. The van der Waals surface area contributed by atoms with Crippen LogP contribution in [0.5, 0.6) is 0 Å². The molecule has 0 unspecified atom stereocenters. The standard InChI is InChI=1S/C12H23N5O/c1-4-6-14-12(18)5-7-13-8-11-15-9-16-17(11)10(2)3/h9-10,13H,4-8H2,1-3H3,(H,14,18). The number of nitrogens with one attached hydrogen (secondary N) is 2. The van der Waals surface area contributed by atoms with E-state index in [4.69, 9.17) is 0 Å². The van der Waals surface area contributed by atoms with Crippen molar-refractivity contribution in [2.75, 3.05) is 13.1 Å². The van der Waals surface area contributed by atoms with Crippen molar-refractivity contribution in [2.45, 2.75) is 46.2 Å². The third-order valence-corrected chi connectivity index (χ3v) is 2.52. The van der Waals surface area contributed by atoms with Gasteiger partial charge >= 0.3 is 0 Å². The topological polar surface area (TPSA) is 71.8 Å². The van der Waals surface area contributed by atoms with E-state index in [0.29, 0.717) is 25.6 Å². The highest BCUT2D eigenvalue weighted by Crippen LogP contribution is 2.04. The summed E-state index contributed by atoms with van der Waals surface area (Å²) in [5.74, 6) is 0.994. The molecule has 1 heterocycles. The average Bonchev–Trinajstić information content (AvgIpc) is 2.80. The number of carbonyl (C=O) groups is 1. The molecule has 1 aromatic rings. The first-order valence-electron chi connectivity index (χ1n) is 6.51. The Kier molecular flexibility index (Phi) is 6.35. The molecule has 1 amide bonds. The Bertz CT molecular complexity index is 361. The Balaban J connectivity index is 2.21. The van der Waals surface area contributed by atoms with Crippen LogP contribution in [0.25, 0.3) is 0 Å². The molecule has 6 nitrogen and oxygen atoms in total. The van der Waals surface area contributed by atoms with E-state index >= 15 is 0 Å². The molecule has 0 atom stereocenters. The van der Waals surface area contributed by atoms with E-state index in [2.05, 4.69) is 34.6 Å². The van der Waals surface area contributed by atoms with Crippen molar-refractivity contribution in [3.05, 3.63) is 12.2 Å². The predicted octanol–water partition coefficient (Wildman–Crippen LogP) is 0.865. The van der Waals surface area contributed by atoms with Crippen LogP contribution in [-0.2, 0) is 11.3 Å². The lowest BCUT2D eigenvalue weighted by Crippen LogP contribution is -2.28. The summed E-state index contributed by atoms with van der Waals surface area (Å²) >= 11 is 0. The first-order valence-corrected chi connectivity index (χ1v) is 6.51. The fourth-order valence-corrected chi connectivity index (χ4v) is 1.59. The van der Waals surface area contributed by atoms with Crippen molar-refractivity contribution >= 4 is 5.91 Å². The van der Waals surface area contributed by atoms with Gasteiger partial charge in [-0.15, -0.1) is 0 Å². The molecule has 0 spiro atoms. The highest BCUT2D eigenvalue weighted by atomic mass is 16.1. The third-order valence-electron chi connectivity index (χ3n) is 2.52. The van der Waals surface area contributed by atoms with Gasteiger partial charge < -0.3 is 10.6 Å². The minimum absolute atomic E-state index is 0.0923. The molecule has 1 aromatic heterocycles. The summed E-state index contributed by atoms with van der Waals surface area (Å²) in [5, 5.41) is 10.2. The molecular formula is C12H23N5O. The predicted molar refractivity (Wildman–Crippen MR) is 70.0 cm³/mol. The number of hydrogen-bond donors (Lipinski definition) is 2. The maximum absolute atomic E-state index is 11.4. The van der Waals surface area contributed by atoms with E-state index < -0.39 is 0 Å². The molecule has 2 N–H and O–H groups in total. The Morgan fingerprint density at radius 1 is 1.44 bits per heavy atom. The maximum Gasteiger partial charge on any atom is 0.221 e. The molecule has 6 heteroatoms. The normalized spacial score (nSPS) is 10.9. The van der Waals surface area contributed by atoms with Crippen molar-refractivity contribution in [3.8, 4) is 0 Å². The number of amides is 1. The maximum atomic E-state index is 11.4. The fraction of sp³-hybridized carbons (Fsp3) is 0.750. The fourth-order valence-electron chi connectivity index (χ4n) is 1.59. The second kappa shape index (κ2) is 7.81. The zero-order valence-corrected chi connectivity index (χ0v) is 11.4. The van der Waals surface area contributed by atoms with Crippen LogP contribution in [0.15, 0.2) is 6.33 Å². The molecule has 0 fully saturated rings. The van der Waals surface area contributed by atoms with Crippen LogP contribution in [0.2, 0.25) is 0 Å². The average molecular weight is 253 g/mol. The molecule has 0 saturated carbocycles. The van der Waals surface area contributed by atoms with Crippen molar-refractivity contribution < 1.29 is 4.79 Å². The van der Waals surface area contributed by atoms with E-state index in [1.165, 1.54) is 0 Å². The summed E-state index contributed by atoms with van der Waals surface area (Å²) in [6.07, 6.45) is 3.03. The van der Waals surface area contributed by atoms with Gasteiger partial charge in [-0.1, -0.05) is 6.92 Å². The van der Waals surface area contributed by atoms with Gasteiger partial charge in [0.15, 0.2) is 0 Å². The van der Waals surface area contributed by atoms with Gasteiger partial charge in [0, 0.05) is 25.6 Å².